The monoisotopic (exact) mass is 345 g/mol. The number of amides is 2. The average Bonchev–Trinajstić information content (AvgIpc) is 3.05. The predicted octanol–water partition coefficient (Wildman–Crippen LogP) is 3.12. The molecule has 6 nitrogen and oxygen atoms in total. The van der Waals surface area contributed by atoms with Gasteiger partial charge in [-0.1, -0.05) is 19.1 Å². The van der Waals surface area contributed by atoms with E-state index in [1.165, 1.54) is 6.42 Å². The largest absolute Gasteiger partial charge is 0.493 e. The van der Waals surface area contributed by atoms with Crippen molar-refractivity contribution in [2.75, 3.05) is 26.7 Å². The lowest BCUT2D eigenvalue weighted by Gasteiger charge is -2.32. The number of methoxy groups -OCH3 is 1. The number of fused-ring (bicyclic) bond motifs is 1. The van der Waals surface area contributed by atoms with Crippen LogP contribution >= 0.6 is 0 Å². The van der Waals surface area contributed by atoms with E-state index in [4.69, 9.17) is 9.15 Å². The van der Waals surface area contributed by atoms with Crippen LogP contribution in [0.4, 0.5) is 4.79 Å². The van der Waals surface area contributed by atoms with E-state index in [0.29, 0.717) is 23.6 Å². The third-order valence-corrected chi connectivity index (χ3v) is 4.66. The number of ether oxygens (including phenoxy) is 1. The van der Waals surface area contributed by atoms with Gasteiger partial charge in [0.25, 0.3) is 0 Å². The molecule has 136 valence electrons. The Balaban J connectivity index is 1.48. The summed E-state index contributed by atoms with van der Waals surface area (Å²) in [6.45, 7) is 5.82. The number of benzene rings is 1. The third kappa shape index (κ3) is 4.45. The molecule has 6 heteroatoms. The molecule has 1 fully saturated rings. The van der Waals surface area contributed by atoms with Gasteiger partial charge < -0.3 is 24.7 Å². The molecule has 2 aromatic rings. The molecule has 0 radical (unpaired) electrons. The Hall–Kier alpha value is -2.21. The van der Waals surface area contributed by atoms with E-state index in [9.17, 15) is 4.79 Å². The quantitative estimate of drug-likeness (QED) is 0.844. The van der Waals surface area contributed by atoms with Crippen LogP contribution in [0.5, 0.6) is 5.75 Å². The lowest BCUT2D eigenvalue weighted by molar-refractivity contribution is 0.192. The van der Waals surface area contributed by atoms with Gasteiger partial charge in [0, 0.05) is 24.5 Å². The van der Waals surface area contributed by atoms with Crippen molar-refractivity contribution in [1.29, 1.82) is 0 Å². The zero-order chi connectivity index (χ0) is 17.6. The number of para-hydroxylation sites is 1. The van der Waals surface area contributed by atoms with Crippen LogP contribution in [-0.2, 0) is 6.54 Å². The predicted molar refractivity (Wildman–Crippen MR) is 97.9 cm³/mol. The van der Waals surface area contributed by atoms with Gasteiger partial charge in [-0.05, 0) is 37.9 Å². The maximum absolute atomic E-state index is 12.1. The molecule has 2 heterocycles. The highest BCUT2D eigenvalue weighted by atomic mass is 16.5. The zero-order valence-electron chi connectivity index (χ0n) is 15.0. The molecule has 1 aromatic heterocycles. The fourth-order valence-electron chi connectivity index (χ4n) is 3.36. The van der Waals surface area contributed by atoms with Crippen molar-refractivity contribution in [3.05, 3.63) is 30.0 Å². The van der Waals surface area contributed by atoms with Crippen LogP contribution in [0.3, 0.4) is 0 Å². The van der Waals surface area contributed by atoms with E-state index in [-0.39, 0.29) is 12.1 Å². The number of carbonyl (C=O) groups excluding carboxylic acids is 1. The van der Waals surface area contributed by atoms with E-state index in [1.807, 2.05) is 24.3 Å². The number of furan rings is 1. The minimum Gasteiger partial charge on any atom is -0.493 e. The second kappa shape index (κ2) is 8.25. The molecule has 1 aromatic carbocycles. The van der Waals surface area contributed by atoms with Crippen LogP contribution in [0, 0.1) is 0 Å². The SMILES string of the molecule is CCCN1CCC(NC(=O)NCc2cc3cccc(OC)c3o2)CC1. The minimum atomic E-state index is -0.138. The molecule has 0 spiro atoms. The molecule has 1 aliphatic rings. The normalized spacial score (nSPS) is 16.1. The molecule has 0 atom stereocenters. The molecule has 0 bridgehead atoms. The lowest BCUT2D eigenvalue weighted by atomic mass is 10.1. The number of urea groups is 1. The molecular formula is C19H27N3O3. The molecule has 2 N–H and O–H groups in total. The zero-order valence-corrected chi connectivity index (χ0v) is 15.0. The standard InChI is InChI=1S/C19H27N3O3/c1-3-9-22-10-7-15(8-11-22)21-19(23)20-13-16-12-14-5-4-6-17(24-2)18(14)25-16/h4-6,12,15H,3,7-11,13H2,1-2H3,(H2,20,21,23). The summed E-state index contributed by atoms with van der Waals surface area (Å²) >= 11 is 0. The number of rotatable bonds is 6. The molecule has 3 rings (SSSR count). The van der Waals surface area contributed by atoms with Gasteiger partial charge in [0.15, 0.2) is 11.3 Å². The summed E-state index contributed by atoms with van der Waals surface area (Å²) in [5, 5.41) is 6.92. The van der Waals surface area contributed by atoms with Gasteiger partial charge in [0.1, 0.15) is 5.76 Å². The van der Waals surface area contributed by atoms with Crippen LogP contribution in [0.15, 0.2) is 28.7 Å². The van der Waals surface area contributed by atoms with Crippen molar-refractivity contribution >= 4 is 17.0 Å². The van der Waals surface area contributed by atoms with Gasteiger partial charge in [-0.3, -0.25) is 0 Å². The minimum absolute atomic E-state index is 0.138. The third-order valence-electron chi connectivity index (χ3n) is 4.66. The molecule has 0 saturated carbocycles. The molecular weight excluding hydrogens is 318 g/mol. The Morgan fingerprint density at radius 2 is 2.16 bits per heavy atom. The molecule has 0 aliphatic carbocycles. The number of nitrogens with zero attached hydrogens (tertiary/aromatic N) is 1. The number of carbonyl (C=O) groups is 1. The van der Waals surface area contributed by atoms with Crippen molar-refractivity contribution in [3.63, 3.8) is 0 Å². The number of hydrogen-bond acceptors (Lipinski definition) is 4. The Morgan fingerprint density at radius 1 is 1.36 bits per heavy atom. The topological polar surface area (TPSA) is 66.7 Å². The van der Waals surface area contributed by atoms with Crippen LogP contribution in [-0.4, -0.2) is 43.7 Å². The van der Waals surface area contributed by atoms with E-state index in [0.717, 1.165) is 37.9 Å². The summed E-state index contributed by atoms with van der Waals surface area (Å²) in [5.74, 6) is 1.42. The Bertz CT molecular complexity index is 705. The number of nitrogens with one attached hydrogen (secondary N) is 2. The highest BCUT2D eigenvalue weighted by Crippen LogP contribution is 2.28. The second-order valence-corrected chi connectivity index (χ2v) is 6.53. The van der Waals surface area contributed by atoms with Gasteiger partial charge in [-0.25, -0.2) is 4.79 Å². The first kappa shape index (κ1) is 17.6. The van der Waals surface area contributed by atoms with Gasteiger partial charge in [-0.2, -0.15) is 0 Å². The van der Waals surface area contributed by atoms with Crippen LogP contribution < -0.4 is 15.4 Å². The first-order valence-corrected chi connectivity index (χ1v) is 9.01. The summed E-state index contributed by atoms with van der Waals surface area (Å²) in [4.78, 5) is 14.6. The van der Waals surface area contributed by atoms with Gasteiger partial charge in [0.05, 0.1) is 13.7 Å². The van der Waals surface area contributed by atoms with Crippen molar-refractivity contribution < 1.29 is 13.9 Å². The van der Waals surface area contributed by atoms with E-state index in [2.05, 4.69) is 22.5 Å². The van der Waals surface area contributed by atoms with Crippen molar-refractivity contribution in [1.82, 2.24) is 15.5 Å². The fourth-order valence-corrected chi connectivity index (χ4v) is 3.36. The highest BCUT2D eigenvalue weighted by molar-refractivity contribution is 5.83. The van der Waals surface area contributed by atoms with E-state index >= 15 is 0 Å². The Kier molecular flexibility index (Phi) is 5.81. The van der Waals surface area contributed by atoms with Gasteiger partial charge in [0.2, 0.25) is 0 Å². The lowest BCUT2D eigenvalue weighted by Crippen LogP contribution is -2.47. The summed E-state index contributed by atoms with van der Waals surface area (Å²) < 4.78 is 11.1. The molecule has 1 saturated heterocycles. The maximum atomic E-state index is 12.1. The fraction of sp³-hybridized carbons (Fsp3) is 0.526. The maximum Gasteiger partial charge on any atom is 0.315 e. The summed E-state index contributed by atoms with van der Waals surface area (Å²) in [6.07, 6.45) is 3.20. The van der Waals surface area contributed by atoms with Crippen molar-refractivity contribution in [3.8, 4) is 5.75 Å². The summed E-state index contributed by atoms with van der Waals surface area (Å²) in [7, 11) is 1.62. The van der Waals surface area contributed by atoms with Gasteiger partial charge >= 0.3 is 6.03 Å². The number of piperidine rings is 1. The highest BCUT2D eigenvalue weighted by Gasteiger charge is 2.20. The second-order valence-electron chi connectivity index (χ2n) is 6.53. The smallest absolute Gasteiger partial charge is 0.315 e. The number of likely N-dealkylation sites (tertiary alicyclic amines) is 1. The first-order chi connectivity index (χ1) is 12.2. The summed E-state index contributed by atoms with van der Waals surface area (Å²) in [6, 6.07) is 7.80. The molecule has 0 unspecified atom stereocenters. The Labute approximate surface area is 148 Å². The molecule has 25 heavy (non-hydrogen) atoms. The van der Waals surface area contributed by atoms with Crippen LogP contribution in [0.1, 0.15) is 31.9 Å². The average molecular weight is 345 g/mol. The van der Waals surface area contributed by atoms with Crippen molar-refractivity contribution in [2.45, 2.75) is 38.8 Å². The summed E-state index contributed by atoms with van der Waals surface area (Å²) in [5.41, 5.74) is 0.713. The van der Waals surface area contributed by atoms with Crippen LogP contribution in [0.2, 0.25) is 0 Å². The number of hydrogen-bond donors (Lipinski definition) is 2. The molecule has 2 amide bonds. The van der Waals surface area contributed by atoms with Crippen molar-refractivity contribution in [2.24, 2.45) is 0 Å². The van der Waals surface area contributed by atoms with E-state index < -0.39 is 0 Å². The first-order valence-electron chi connectivity index (χ1n) is 9.01. The van der Waals surface area contributed by atoms with Crippen LogP contribution in [0.25, 0.3) is 11.0 Å². The van der Waals surface area contributed by atoms with Gasteiger partial charge in [-0.15, -0.1) is 0 Å². The van der Waals surface area contributed by atoms with E-state index in [1.54, 1.807) is 7.11 Å². The molecule has 1 aliphatic heterocycles. The Morgan fingerprint density at radius 3 is 2.88 bits per heavy atom.